The second kappa shape index (κ2) is 9.69. The van der Waals surface area contributed by atoms with Crippen LogP contribution in [0, 0.1) is 5.82 Å². The maximum Gasteiger partial charge on any atom is 0.220 e. The van der Waals surface area contributed by atoms with E-state index in [2.05, 4.69) is 5.32 Å². The van der Waals surface area contributed by atoms with E-state index in [0.717, 1.165) is 0 Å². The van der Waals surface area contributed by atoms with Gasteiger partial charge in [0.2, 0.25) is 5.91 Å². The van der Waals surface area contributed by atoms with Gasteiger partial charge in [0.25, 0.3) is 0 Å². The maximum absolute atomic E-state index is 12.8. The van der Waals surface area contributed by atoms with E-state index in [0.29, 0.717) is 31.4 Å². The van der Waals surface area contributed by atoms with E-state index in [-0.39, 0.29) is 30.2 Å². The molecule has 20 heavy (non-hydrogen) atoms. The molecule has 1 amide bonds. The molecule has 0 radical (unpaired) electrons. The molecule has 0 aromatic heterocycles. The van der Waals surface area contributed by atoms with E-state index in [9.17, 15) is 14.3 Å². The van der Waals surface area contributed by atoms with Gasteiger partial charge in [0.15, 0.2) is 0 Å². The number of rotatable bonds is 7. The lowest BCUT2D eigenvalue weighted by Crippen LogP contribution is -2.33. The monoisotopic (exact) mass is 304 g/mol. The number of nitrogens with two attached hydrogens (primary N) is 1. The Labute approximate surface area is 125 Å². The van der Waals surface area contributed by atoms with Gasteiger partial charge in [-0.1, -0.05) is 12.1 Å². The minimum Gasteiger partial charge on any atom is -0.388 e. The highest BCUT2D eigenvalue weighted by molar-refractivity contribution is 5.85. The van der Waals surface area contributed by atoms with Crippen LogP contribution in [0.2, 0.25) is 0 Å². The molecule has 0 heterocycles. The summed E-state index contributed by atoms with van der Waals surface area (Å²) in [6.07, 6.45) is 0.720. The summed E-state index contributed by atoms with van der Waals surface area (Å²) in [6, 6.07) is 5.56. The van der Waals surface area contributed by atoms with Crippen molar-refractivity contribution >= 4 is 18.3 Å². The lowest BCUT2D eigenvalue weighted by molar-refractivity contribution is -0.121. The van der Waals surface area contributed by atoms with Crippen molar-refractivity contribution in [3.05, 3.63) is 35.6 Å². The first-order valence-electron chi connectivity index (χ1n) is 6.46. The lowest BCUT2D eigenvalue weighted by Gasteiger charge is -2.18. The minimum absolute atomic E-state index is 0. The molecule has 1 aromatic carbocycles. The largest absolute Gasteiger partial charge is 0.388 e. The van der Waals surface area contributed by atoms with Crippen molar-refractivity contribution in [1.82, 2.24) is 5.32 Å². The number of halogens is 2. The van der Waals surface area contributed by atoms with E-state index in [4.69, 9.17) is 5.73 Å². The van der Waals surface area contributed by atoms with E-state index >= 15 is 0 Å². The average Bonchev–Trinajstić information content (AvgIpc) is 2.36. The standard InChI is InChI=1S/C14H21FN2O2.ClH/c1-10(17-14(19)3-2-8-16)9-13(18)11-4-6-12(15)7-5-11;/h4-7,10,13,18H,2-3,8-9,16H2,1H3,(H,17,19);1H. The normalized spacial score (nSPS) is 13.2. The Hall–Kier alpha value is -1.17. The fourth-order valence-corrected chi connectivity index (χ4v) is 1.82. The summed E-state index contributed by atoms with van der Waals surface area (Å²) in [4.78, 5) is 11.5. The number of carbonyl (C=O) groups excluding carboxylic acids is 1. The summed E-state index contributed by atoms with van der Waals surface area (Å²) < 4.78 is 12.8. The number of hydrogen-bond acceptors (Lipinski definition) is 3. The summed E-state index contributed by atoms with van der Waals surface area (Å²) in [5.41, 5.74) is 5.97. The summed E-state index contributed by atoms with van der Waals surface area (Å²) in [5, 5.41) is 12.8. The van der Waals surface area contributed by atoms with Crippen LogP contribution in [0.3, 0.4) is 0 Å². The molecule has 0 saturated heterocycles. The van der Waals surface area contributed by atoms with Crippen LogP contribution in [-0.4, -0.2) is 23.6 Å². The van der Waals surface area contributed by atoms with E-state index in [1.807, 2.05) is 6.92 Å². The Morgan fingerprint density at radius 3 is 2.55 bits per heavy atom. The molecular weight excluding hydrogens is 283 g/mol. The predicted octanol–water partition coefficient (Wildman–Crippen LogP) is 1.91. The Kier molecular flexibility index (Phi) is 9.12. The zero-order valence-electron chi connectivity index (χ0n) is 11.5. The fraction of sp³-hybridized carbons (Fsp3) is 0.500. The molecule has 6 heteroatoms. The quantitative estimate of drug-likeness (QED) is 0.720. The van der Waals surface area contributed by atoms with Crippen molar-refractivity contribution in [2.75, 3.05) is 6.54 Å². The SMILES string of the molecule is CC(CC(O)c1ccc(F)cc1)NC(=O)CCCN.Cl. The highest BCUT2D eigenvalue weighted by Crippen LogP contribution is 2.18. The van der Waals surface area contributed by atoms with Crippen LogP contribution in [-0.2, 0) is 4.79 Å². The molecule has 0 spiro atoms. The maximum atomic E-state index is 12.8. The number of carbonyl (C=O) groups is 1. The number of amides is 1. The molecule has 2 atom stereocenters. The third-order valence-corrected chi connectivity index (χ3v) is 2.85. The van der Waals surface area contributed by atoms with Crippen LogP contribution in [0.4, 0.5) is 4.39 Å². The zero-order valence-corrected chi connectivity index (χ0v) is 12.3. The number of aliphatic hydroxyl groups is 1. The first-order valence-corrected chi connectivity index (χ1v) is 6.46. The minimum atomic E-state index is -0.717. The van der Waals surface area contributed by atoms with Crippen LogP contribution in [0.25, 0.3) is 0 Å². The van der Waals surface area contributed by atoms with E-state index in [1.54, 1.807) is 12.1 Å². The highest BCUT2D eigenvalue weighted by atomic mass is 35.5. The number of aliphatic hydroxyl groups excluding tert-OH is 1. The molecule has 2 unspecified atom stereocenters. The van der Waals surface area contributed by atoms with E-state index in [1.165, 1.54) is 12.1 Å². The van der Waals surface area contributed by atoms with Crippen LogP contribution in [0.5, 0.6) is 0 Å². The summed E-state index contributed by atoms with van der Waals surface area (Å²) in [7, 11) is 0. The molecule has 1 aromatic rings. The van der Waals surface area contributed by atoms with Gasteiger partial charge in [-0.2, -0.15) is 0 Å². The lowest BCUT2D eigenvalue weighted by atomic mass is 10.0. The highest BCUT2D eigenvalue weighted by Gasteiger charge is 2.14. The molecule has 114 valence electrons. The Morgan fingerprint density at radius 2 is 2.00 bits per heavy atom. The molecule has 1 rings (SSSR count). The first kappa shape index (κ1) is 18.8. The van der Waals surface area contributed by atoms with Gasteiger partial charge in [0.05, 0.1) is 6.10 Å². The number of hydrogen-bond donors (Lipinski definition) is 3. The Bertz CT molecular complexity index is 401. The van der Waals surface area contributed by atoms with Gasteiger partial charge in [-0.15, -0.1) is 12.4 Å². The molecular formula is C14H22ClFN2O2. The van der Waals surface area contributed by atoms with Crippen molar-refractivity contribution in [2.45, 2.75) is 38.3 Å². The molecule has 0 aliphatic rings. The summed E-state index contributed by atoms with van der Waals surface area (Å²) >= 11 is 0. The number of nitrogens with one attached hydrogen (secondary N) is 1. The van der Waals surface area contributed by atoms with Gasteiger partial charge in [-0.05, 0) is 44.0 Å². The Morgan fingerprint density at radius 1 is 1.40 bits per heavy atom. The average molecular weight is 305 g/mol. The van der Waals surface area contributed by atoms with Crippen LogP contribution in [0.1, 0.15) is 37.9 Å². The summed E-state index contributed by atoms with van der Waals surface area (Å²) in [5.74, 6) is -0.400. The first-order chi connectivity index (χ1) is 9.02. The van der Waals surface area contributed by atoms with Crippen molar-refractivity contribution in [1.29, 1.82) is 0 Å². The fourth-order valence-electron chi connectivity index (χ4n) is 1.82. The van der Waals surface area contributed by atoms with Crippen molar-refractivity contribution in [3.8, 4) is 0 Å². The summed E-state index contributed by atoms with van der Waals surface area (Å²) in [6.45, 7) is 2.31. The van der Waals surface area contributed by atoms with Crippen LogP contribution in [0.15, 0.2) is 24.3 Å². The Balaban J connectivity index is 0.00000361. The van der Waals surface area contributed by atoms with Crippen molar-refractivity contribution in [2.24, 2.45) is 5.73 Å². The molecule has 4 N–H and O–H groups in total. The smallest absolute Gasteiger partial charge is 0.220 e. The second-order valence-corrected chi connectivity index (χ2v) is 4.66. The van der Waals surface area contributed by atoms with E-state index < -0.39 is 6.10 Å². The number of benzene rings is 1. The molecule has 0 aliphatic carbocycles. The molecule has 0 bridgehead atoms. The third kappa shape index (κ3) is 6.84. The molecule has 0 fully saturated rings. The van der Waals surface area contributed by atoms with Gasteiger partial charge in [-0.3, -0.25) is 4.79 Å². The van der Waals surface area contributed by atoms with Crippen molar-refractivity contribution < 1.29 is 14.3 Å². The topological polar surface area (TPSA) is 75.3 Å². The van der Waals surface area contributed by atoms with Crippen molar-refractivity contribution in [3.63, 3.8) is 0 Å². The van der Waals surface area contributed by atoms with Gasteiger partial charge in [0, 0.05) is 12.5 Å². The van der Waals surface area contributed by atoms with Gasteiger partial charge >= 0.3 is 0 Å². The van der Waals surface area contributed by atoms with Gasteiger partial charge < -0.3 is 16.2 Å². The van der Waals surface area contributed by atoms with Gasteiger partial charge in [0.1, 0.15) is 5.82 Å². The molecule has 0 aliphatic heterocycles. The molecule has 0 saturated carbocycles. The van der Waals surface area contributed by atoms with Gasteiger partial charge in [-0.25, -0.2) is 4.39 Å². The predicted molar refractivity (Wildman–Crippen MR) is 79.1 cm³/mol. The molecule has 4 nitrogen and oxygen atoms in total. The second-order valence-electron chi connectivity index (χ2n) is 4.66. The van der Waals surface area contributed by atoms with Crippen LogP contribution >= 0.6 is 12.4 Å². The van der Waals surface area contributed by atoms with Crippen LogP contribution < -0.4 is 11.1 Å². The third-order valence-electron chi connectivity index (χ3n) is 2.85. The zero-order chi connectivity index (χ0) is 14.3.